The summed E-state index contributed by atoms with van der Waals surface area (Å²) < 4.78 is 5.17. The highest BCUT2D eigenvalue weighted by molar-refractivity contribution is 7.15. The van der Waals surface area contributed by atoms with Gasteiger partial charge in [-0.2, -0.15) is 0 Å². The molecule has 0 amide bonds. The summed E-state index contributed by atoms with van der Waals surface area (Å²) in [6.07, 6.45) is 4.06. The summed E-state index contributed by atoms with van der Waals surface area (Å²) in [5.74, 6) is -0.262. The third-order valence-corrected chi connectivity index (χ3v) is 4.64. The molecule has 1 aromatic heterocycles. The third-order valence-electron chi connectivity index (χ3n) is 3.40. The second kappa shape index (κ2) is 6.37. The maximum atomic E-state index is 12.0. The molecule has 0 spiro atoms. The molecule has 5 heteroatoms. The van der Waals surface area contributed by atoms with Gasteiger partial charge in [0.1, 0.15) is 5.92 Å². The largest absolute Gasteiger partial charge is 0.465 e. The van der Waals surface area contributed by atoms with Crippen molar-refractivity contribution in [3.8, 4) is 0 Å². The number of ether oxygens (including phenoxy) is 1. The van der Waals surface area contributed by atoms with Gasteiger partial charge in [-0.3, -0.25) is 4.79 Å². The first kappa shape index (κ1) is 14.3. The molecular formula is C14H22N2O2S. The van der Waals surface area contributed by atoms with E-state index >= 15 is 0 Å². The zero-order chi connectivity index (χ0) is 13.8. The minimum absolute atomic E-state index is 0.113. The number of anilines is 1. The van der Waals surface area contributed by atoms with Crippen LogP contribution in [0.2, 0.25) is 0 Å². The standard InChI is InChI=1S/C14H22N2O2S/c1-4-9-16(3)14-15-12-10(13(17)18-5-2)7-6-8-11(12)19-14/h10H,4-9H2,1-3H3. The molecule has 1 aromatic rings. The number of nitrogens with zero attached hydrogens (tertiary/aromatic N) is 2. The van der Waals surface area contributed by atoms with E-state index in [4.69, 9.17) is 9.72 Å². The lowest BCUT2D eigenvalue weighted by molar-refractivity contribution is -0.145. The van der Waals surface area contributed by atoms with Crippen LogP contribution in [0.3, 0.4) is 0 Å². The molecule has 1 unspecified atom stereocenters. The predicted molar refractivity (Wildman–Crippen MR) is 78.0 cm³/mol. The van der Waals surface area contributed by atoms with Crippen LogP contribution >= 0.6 is 11.3 Å². The number of hydrogen-bond acceptors (Lipinski definition) is 5. The zero-order valence-corrected chi connectivity index (χ0v) is 12.8. The molecule has 0 saturated heterocycles. The number of thiazole rings is 1. The van der Waals surface area contributed by atoms with Crippen molar-refractivity contribution in [2.75, 3.05) is 25.1 Å². The molecule has 0 saturated carbocycles. The Morgan fingerprint density at radius 1 is 1.53 bits per heavy atom. The normalized spacial score (nSPS) is 17.9. The zero-order valence-electron chi connectivity index (χ0n) is 11.9. The first-order valence-corrected chi connectivity index (χ1v) is 7.86. The van der Waals surface area contributed by atoms with Crippen LogP contribution in [-0.4, -0.2) is 31.2 Å². The molecule has 2 rings (SSSR count). The van der Waals surface area contributed by atoms with Crippen molar-refractivity contribution < 1.29 is 9.53 Å². The molecule has 0 bridgehead atoms. The fourth-order valence-corrected chi connectivity index (χ4v) is 3.62. The molecule has 0 N–H and O–H groups in total. The quantitative estimate of drug-likeness (QED) is 0.779. The van der Waals surface area contributed by atoms with Crippen molar-refractivity contribution in [3.63, 3.8) is 0 Å². The van der Waals surface area contributed by atoms with Crippen molar-refractivity contribution in [1.29, 1.82) is 0 Å². The lowest BCUT2D eigenvalue weighted by Gasteiger charge is -2.19. The van der Waals surface area contributed by atoms with Crippen molar-refractivity contribution in [2.24, 2.45) is 0 Å². The van der Waals surface area contributed by atoms with E-state index in [-0.39, 0.29) is 11.9 Å². The molecular weight excluding hydrogens is 260 g/mol. The summed E-state index contributed by atoms with van der Waals surface area (Å²) in [7, 11) is 2.06. The summed E-state index contributed by atoms with van der Waals surface area (Å²) in [6, 6.07) is 0. The lowest BCUT2D eigenvalue weighted by atomic mass is 9.91. The fraction of sp³-hybridized carbons (Fsp3) is 0.714. The average Bonchev–Trinajstić information content (AvgIpc) is 2.82. The topological polar surface area (TPSA) is 42.4 Å². The van der Waals surface area contributed by atoms with Gasteiger partial charge in [0, 0.05) is 18.5 Å². The van der Waals surface area contributed by atoms with Gasteiger partial charge in [-0.25, -0.2) is 4.98 Å². The number of aryl methyl sites for hydroxylation is 1. The van der Waals surface area contributed by atoms with Crippen molar-refractivity contribution in [1.82, 2.24) is 4.98 Å². The van der Waals surface area contributed by atoms with Crippen LogP contribution in [0.1, 0.15) is 49.6 Å². The Labute approximate surface area is 118 Å². The van der Waals surface area contributed by atoms with Gasteiger partial charge in [0.05, 0.1) is 12.3 Å². The second-order valence-electron chi connectivity index (χ2n) is 4.92. The number of esters is 1. The number of hydrogen-bond donors (Lipinski definition) is 0. The molecule has 1 aliphatic carbocycles. The Morgan fingerprint density at radius 3 is 3.00 bits per heavy atom. The van der Waals surface area contributed by atoms with E-state index in [0.29, 0.717) is 6.61 Å². The van der Waals surface area contributed by atoms with Gasteiger partial charge >= 0.3 is 5.97 Å². The summed E-state index contributed by atoms with van der Waals surface area (Å²) in [4.78, 5) is 20.1. The van der Waals surface area contributed by atoms with Gasteiger partial charge < -0.3 is 9.64 Å². The maximum absolute atomic E-state index is 12.0. The molecule has 0 aromatic carbocycles. The Morgan fingerprint density at radius 2 is 2.32 bits per heavy atom. The average molecular weight is 282 g/mol. The van der Waals surface area contributed by atoms with Crippen molar-refractivity contribution >= 4 is 22.4 Å². The minimum Gasteiger partial charge on any atom is -0.465 e. The van der Waals surface area contributed by atoms with Gasteiger partial charge in [-0.1, -0.05) is 6.92 Å². The van der Waals surface area contributed by atoms with Crippen molar-refractivity contribution in [2.45, 2.75) is 45.4 Å². The van der Waals surface area contributed by atoms with E-state index in [2.05, 4.69) is 18.9 Å². The van der Waals surface area contributed by atoms with Crippen LogP contribution in [0.4, 0.5) is 5.13 Å². The van der Waals surface area contributed by atoms with E-state index < -0.39 is 0 Å². The van der Waals surface area contributed by atoms with Crippen molar-refractivity contribution in [3.05, 3.63) is 10.6 Å². The van der Waals surface area contributed by atoms with Crippen LogP contribution in [0, 0.1) is 0 Å². The van der Waals surface area contributed by atoms with Gasteiger partial charge in [0.2, 0.25) is 0 Å². The Balaban J connectivity index is 2.21. The smallest absolute Gasteiger partial charge is 0.315 e. The highest BCUT2D eigenvalue weighted by Crippen LogP contribution is 2.38. The number of carbonyl (C=O) groups excluding carboxylic acids is 1. The van der Waals surface area contributed by atoms with E-state index in [1.807, 2.05) is 6.92 Å². The second-order valence-corrected chi connectivity index (χ2v) is 5.99. The molecule has 1 atom stereocenters. The number of fused-ring (bicyclic) bond motifs is 1. The van der Waals surface area contributed by atoms with E-state index in [9.17, 15) is 4.79 Å². The third kappa shape index (κ3) is 3.08. The predicted octanol–water partition coefficient (Wildman–Crippen LogP) is 2.97. The van der Waals surface area contributed by atoms with Crippen LogP contribution in [-0.2, 0) is 16.0 Å². The first-order valence-electron chi connectivity index (χ1n) is 7.04. The Kier molecular flexibility index (Phi) is 4.80. The van der Waals surface area contributed by atoms with Gasteiger partial charge in [0.25, 0.3) is 0 Å². The summed E-state index contributed by atoms with van der Waals surface area (Å²) >= 11 is 1.73. The van der Waals surface area contributed by atoms with Gasteiger partial charge in [-0.05, 0) is 32.6 Å². The molecule has 1 heterocycles. The van der Waals surface area contributed by atoms with Crippen LogP contribution in [0.25, 0.3) is 0 Å². The molecule has 0 fully saturated rings. The minimum atomic E-state index is -0.149. The molecule has 0 radical (unpaired) electrons. The molecule has 106 valence electrons. The van der Waals surface area contributed by atoms with E-state index in [1.165, 1.54) is 4.88 Å². The van der Waals surface area contributed by atoms with E-state index in [1.54, 1.807) is 11.3 Å². The van der Waals surface area contributed by atoms with Gasteiger partial charge in [-0.15, -0.1) is 11.3 Å². The first-order chi connectivity index (χ1) is 9.17. The molecule has 19 heavy (non-hydrogen) atoms. The highest BCUT2D eigenvalue weighted by Gasteiger charge is 2.31. The van der Waals surface area contributed by atoms with E-state index in [0.717, 1.165) is 43.1 Å². The van der Waals surface area contributed by atoms with Crippen LogP contribution in [0.5, 0.6) is 0 Å². The molecule has 4 nitrogen and oxygen atoms in total. The number of carbonyl (C=O) groups is 1. The Hall–Kier alpha value is -1.10. The number of aromatic nitrogens is 1. The van der Waals surface area contributed by atoms with Gasteiger partial charge in [0.15, 0.2) is 5.13 Å². The monoisotopic (exact) mass is 282 g/mol. The summed E-state index contributed by atoms with van der Waals surface area (Å²) in [5, 5.41) is 1.03. The van der Waals surface area contributed by atoms with Crippen LogP contribution in [0.15, 0.2) is 0 Å². The number of rotatable bonds is 5. The fourth-order valence-electron chi connectivity index (χ4n) is 2.47. The maximum Gasteiger partial charge on any atom is 0.315 e. The summed E-state index contributed by atoms with van der Waals surface area (Å²) in [5.41, 5.74) is 0.965. The molecule has 0 aliphatic heterocycles. The molecule has 1 aliphatic rings. The highest BCUT2D eigenvalue weighted by atomic mass is 32.1. The SMILES string of the molecule is CCCN(C)c1nc2c(s1)CCCC2C(=O)OCC. The van der Waals surface area contributed by atoms with Crippen LogP contribution < -0.4 is 4.90 Å². The lowest BCUT2D eigenvalue weighted by Crippen LogP contribution is -2.21. The Bertz CT molecular complexity index is 445. The summed E-state index contributed by atoms with van der Waals surface area (Å²) in [6.45, 7) is 5.45.